The van der Waals surface area contributed by atoms with Crippen molar-refractivity contribution in [1.29, 1.82) is 0 Å². The molecule has 0 unspecified atom stereocenters. The van der Waals surface area contributed by atoms with E-state index in [2.05, 4.69) is 0 Å². The number of cyclic esters (lactones) is 1. The Balaban J connectivity index is 1.58. The van der Waals surface area contributed by atoms with E-state index in [-0.39, 0.29) is 13.2 Å². The number of carbonyl (C=O) groups is 3. The number of carbonyl (C=O) groups excluding carboxylic acids is 3. The molecule has 1 saturated heterocycles. The number of methoxy groups -OCH3 is 1. The molecule has 2 aliphatic rings. The third kappa shape index (κ3) is 7.26. The molecular weight excluding hydrogens is 450 g/mol. The molecule has 2 aliphatic heterocycles. The molecule has 0 bridgehead atoms. The van der Waals surface area contributed by atoms with Crippen LogP contribution in [0.1, 0.15) is 63.0 Å². The van der Waals surface area contributed by atoms with Crippen molar-refractivity contribution >= 4 is 17.8 Å². The van der Waals surface area contributed by atoms with Crippen molar-refractivity contribution in [3.8, 4) is 0 Å². The number of hydrogen-bond acceptors (Lipinski definition) is 7. The molecule has 0 aliphatic carbocycles. The quantitative estimate of drug-likeness (QED) is 0.417. The molecule has 35 heavy (non-hydrogen) atoms. The Kier molecular flexibility index (Phi) is 10.5. The Morgan fingerprint density at radius 3 is 2.46 bits per heavy atom. The first-order chi connectivity index (χ1) is 17.1. The minimum atomic E-state index is -1.29. The van der Waals surface area contributed by atoms with Crippen LogP contribution >= 0.6 is 0 Å². The monoisotopic (exact) mass is 485 g/mol. The predicted octanol–water partition coefficient (Wildman–Crippen LogP) is 4.24. The van der Waals surface area contributed by atoms with Gasteiger partial charge in [0.1, 0.15) is 18.4 Å². The highest BCUT2D eigenvalue weighted by Crippen LogP contribution is 2.30. The van der Waals surface area contributed by atoms with Gasteiger partial charge in [-0.15, -0.1) is 0 Å². The second kappa shape index (κ2) is 13.8. The summed E-state index contributed by atoms with van der Waals surface area (Å²) in [5.41, 5.74) is 0.756. The molecule has 3 atom stereocenters. The van der Waals surface area contributed by atoms with Gasteiger partial charge in [-0.1, -0.05) is 62.4 Å². The fourth-order valence-corrected chi connectivity index (χ4v) is 4.29. The molecule has 1 aromatic carbocycles. The van der Waals surface area contributed by atoms with Crippen LogP contribution in [-0.2, 0) is 23.8 Å². The Labute approximate surface area is 206 Å². The van der Waals surface area contributed by atoms with Crippen LogP contribution in [0.15, 0.2) is 54.3 Å². The van der Waals surface area contributed by atoms with Gasteiger partial charge in [0, 0.05) is 13.7 Å². The average molecular weight is 486 g/mol. The summed E-state index contributed by atoms with van der Waals surface area (Å²) in [6.07, 6.45) is 9.90. The maximum atomic E-state index is 13.4. The first-order valence-corrected chi connectivity index (χ1v) is 12.3. The maximum Gasteiger partial charge on any atom is 0.417 e. The molecule has 8 heteroatoms. The van der Waals surface area contributed by atoms with Crippen LogP contribution in [0.25, 0.3) is 0 Å². The van der Waals surface area contributed by atoms with Gasteiger partial charge in [-0.25, -0.2) is 9.69 Å². The van der Waals surface area contributed by atoms with E-state index >= 15 is 0 Å². The van der Waals surface area contributed by atoms with Gasteiger partial charge in [-0.2, -0.15) is 0 Å². The van der Waals surface area contributed by atoms with Crippen molar-refractivity contribution in [3.05, 3.63) is 59.9 Å². The zero-order chi connectivity index (χ0) is 25.0. The summed E-state index contributed by atoms with van der Waals surface area (Å²) in [6, 6.07) is 8.52. The molecule has 0 radical (unpaired) electrons. The summed E-state index contributed by atoms with van der Waals surface area (Å²) < 4.78 is 16.4. The van der Waals surface area contributed by atoms with Crippen molar-refractivity contribution in [1.82, 2.24) is 4.90 Å². The zero-order valence-corrected chi connectivity index (χ0v) is 20.3. The number of benzene rings is 1. The number of imide groups is 1. The number of nitrogens with zero attached hydrogens (tertiary/aromatic N) is 1. The largest absolute Gasteiger partial charge is 0.479 e. The number of aliphatic hydroxyl groups is 1. The number of unbranched alkanes of at least 4 members (excludes halogenated alkanes) is 7. The van der Waals surface area contributed by atoms with E-state index in [9.17, 15) is 14.4 Å². The first-order valence-electron chi connectivity index (χ1n) is 12.3. The smallest absolute Gasteiger partial charge is 0.417 e. The molecule has 0 saturated carbocycles. The summed E-state index contributed by atoms with van der Waals surface area (Å²) in [6.45, 7) is 0.298. The number of amides is 2. The molecule has 8 nitrogen and oxygen atoms in total. The number of ether oxygens (including phenoxy) is 3. The summed E-state index contributed by atoms with van der Waals surface area (Å²) in [5.74, 6) is -0.553. The predicted molar refractivity (Wildman–Crippen MR) is 129 cm³/mol. The fraction of sp³-hybridized carbons (Fsp3) is 0.519. The van der Waals surface area contributed by atoms with E-state index in [1.807, 2.05) is 36.4 Å². The molecule has 190 valence electrons. The van der Waals surface area contributed by atoms with Gasteiger partial charge in [0.15, 0.2) is 18.0 Å². The van der Waals surface area contributed by atoms with E-state index in [0.717, 1.165) is 61.8 Å². The summed E-state index contributed by atoms with van der Waals surface area (Å²) in [7, 11) is 1.32. The lowest BCUT2D eigenvalue weighted by molar-refractivity contribution is -0.153. The molecule has 1 aromatic rings. The lowest BCUT2D eigenvalue weighted by Crippen LogP contribution is -2.51. The Morgan fingerprint density at radius 1 is 1.09 bits per heavy atom. The van der Waals surface area contributed by atoms with Crippen LogP contribution in [0, 0.1) is 0 Å². The van der Waals surface area contributed by atoms with Crippen LogP contribution in [-0.4, -0.2) is 60.3 Å². The zero-order valence-electron chi connectivity index (χ0n) is 20.3. The van der Waals surface area contributed by atoms with Gasteiger partial charge >= 0.3 is 6.09 Å². The highest BCUT2D eigenvalue weighted by Gasteiger charge is 2.46. The van der Waals surface area contributed by atoms with Crippen molar-refractivity contribution in [2.24, 2.45) is 0 Å². The van der Waals surface area contributed by atoms with Crippen LogP contribution in [0.2, 0.25) is 0 Å². The second-order valence-electron chi connectivity index (χ2n) is 8.74. The molecule has 3 rings (SSSR count). The van der Waals surface area contributed by atoms with Crippen LogP contribution < -0.4 is 0 Å². The summed E-state index contributed by atoms with van der Waals surface area (Å²) >= 11 is 0. The van der Waals surface area contributed by atoms with Crippen LogP contribution in [0.5, 0.6) is 0 Å². The minimum absolute atomic E-state index is 0.0387. The Hall–Kier alpha value is -2.97. The Morgan fingerprint density at radius 2 is 1.77 bits per heavy atom. The number of allylic oxidation sites excluding steroid dienone is 2. The van der Waals surface area contributed by atoms with Crippen molar-refractivity contribution in [3.63, 3.8) is 0 Å². The molecule has 2 amide bonds. The van der Waals surface area contributed by atoms with Gasteiger partial charge in [0.05, 0.1) is 0 Å². The van der Waals surface area contributed by atoms with E-state index in [1.54, 1.807) is 6.08 Å². The summed E-state index contributed by atoms with van der Waals surface area (Å²) in [5, 5.41) is 8.81. The highest BCUT2D eigenvalue weighted by atomic mass is 16.6. The van der Waals surface area contributed by atoms with Crippen molar-refractivity contribution in [2.75, 3.05) is 20.3 Å². The molecule has 0 aromatic heterocycles. The van der Waals surface area contributed by atoms with Gasteiger partial charge in [0.2, 0.25) is 0 Å². The fourth-order valence-electron chi connectivity index (χ4n) is 4.29. The van der Waals surface area contributed by atoms with E-state index in [1.165, 1.54) is 13.2 Å². The number of aliphatic hydroxyl groups excluding tert-OH is 1. The van der Waals surface area contributed by atoms with E-state index in [4.69, 9.17) is 19.3 Å². The molecule has 0 spiro atoms. The lowest BCUT2D eigenvalue weighted by atomic mass is 10.0. The standard InChI is InChI=1S/C27H35NO7/c1-33-25(26(31)28-22(19-34-27(28)32)20-13-9-8-10-14-20)24-23(30)17-16-21(35-24)15-11-6-4-2-3-5-7-12-18-29/h8-10,13-17,22,24-25,29H,2-7,11-12,18-19H2,1H3/t22-,24-,25+/m0/s1. The SMILES string of the molecule is CO[C@@H](C(=O)N1C(=O)OC[C@H]1c1ccccc1)[C@H]1OC(=CCCCCCCCCCO)C=CC1=O. The number of hydrogen-bond donors (Lipinski definition) is 1. The topological polar surface area (TPSA) is 102 Å². The van der Waals surface area contributed by atoms with Gasteiger partial charge < -0.3 is 19.3 Å². The normalized spacial score (nSPS) is 21.8. The third-order valence-corrected chi connectivity index (χ3v) is 6.23. The van der Waals surface area contributed by atoms with Gasteiger partial charge in [-0.05, 0) is 43.1 Å². The molecule has 2 heterocycles. The van der Waals surface area contributed by atoms with Crippen molar-refractivity contribution in [2.45, 2.75) is 69.6 Å². The van der Waals surface area contributed by atoms with Crippen LogP contribution in [0.3, 0.4) is 0 Å². The third-order valence-electron chi connectivity index (χ3n) is 6.23. The lowest BCUT2D eigenvalue weighted by Gasteiger charge is -2.30. The minimum Gasteiger partial charge on any atom is -0.479 e. The van der Waals surface area contributed by atoms with Crippen LogP contribution in [0.4, 0.5) is 4.79 Å². The maximum absolute atomic E-state index is 13.4. The average Bonchev–Trinajstić information content (AvgIpc) is 3.26. The van der Waals surface area contributed by atoms with Gasteiger partial charge in [-0.3, -0.25) is 9.59 Å². The molecular formula is C27H35NO7. The number of ketones is 1. The first kappa shape index (κ1) is 26.6. The second-order valence-corrected chi connectivity index (χ2v) is 8.74. The number of rotatable bonds is 13. The Bertz CT molecular complexity index is 911. The van der Waals surface area contributed by atoms with Gasteiger partial charge in [0.25, 0.3) is 5.91 Å². The molecule has 1 N–H and O–H groups in total. The van der Waals surface area contributed by atoms with Crippen molar-refractivity contribution < 1.29 is 33.7 Å². The molecule has 1 fully saturated rings. The highest BCUT2D eigenvalue weighted by molar-refractivity contribution is 6.03. The van der Waals surface area contributed by atoms with E-state index < -0.39 is 36.0 Å². The van der Waals surface area contributed by atoms with E-state index in [0.29, 0.717) is 5.76 Å². The summed E-state index contributed by atoms with van der Waals surface area (Å²) in [4.78, 5) is 39.4.